The SMILES string of the molecule is Clc1cc(Cl)c(NCCC2CCCO2)c(Cl)c1. The summed E-state index contributed by atoms with van der Waals surface area (Å²) in [7, 11) is 0. The molecule has 1 aliphatic heterocycles. The minimum Gasteiger partial charge on any atom is -0.383 e. The third-order valence-electron chi connectivity index (χ3n) is 2.80. The van der Waals surface area contributed by atoms with E-state index in [1.807, 2.05) is 0 Å². The van der Waals surface area contributed by atoms with Gasteiger partial charge < -0.3 is 10.1 Å². The summed E-state index contributed by atoms with van der Waals surface area (Å²) in [6.45, 7) is 1.68. The molecule has 1 heterocycles. The molecule has 0 aliphatic carbocycles. The van der Waals surface area contributed by atoms with Crippen LogP contribution in [-0.4, -0.2) is 19.3 Å². The van der Waals surface area contributed by atoms with Gasteiger partial charge in [-0.25, -0.2) is 0 Å². The molecule has 0 aromatic heterocycles. The summed E-state index contributed by atoms with van der Waals surface area (Å²) in [6, 6.07) is 3.37. The molecule has 1 aromatic rings. The number of rotatable bonds is 4. The molecule has 1 aromatic carbocycles. The van der Waals surface area contributed by atoms with E-state index in [0.717, 1.165) is 38.1 Å². The van der Waals surface area contributed by atoms with Gasteiger partial charge >= 0.3 is 0 Å². The molecule has 0 saturated carbocycles. The van der Waals surface area contributed by atoms with Crippen LogP contribution < -0.4 is 5.32 Å². The molecule has 1 unspecified atom stereocenters. The van der Waals surface area contributed by atoms with E-state index in [4.69, 9.17) is 39.5 Å². The molecule has 5 heteroatoms. The molecule has 1 atom stereocenters. The van der Waals surface area contributed by atoms with Crippen molar-refractivity contribution in [1.29, 1.82) is 0 Å². The summed E-state index contributed by atoms with van der Waals surface area (Å²) in [4.78, 5) is 0. The Kier molecular flexibility index (Phi) is 4.80. The molecule has 0 spiro atoms. The Morgan fingerprint density at radius 1 is 1.24 bits per heavy atom. The van der Waals surface area contributed by atoms with Crippen molar-refractivity contribution in [3.05, 3.63) is 27.2 Å². The highest BCUT2D eigenvalue weighted by atomic mass is 35.5. The number of benzene rings is 1. The highest BCUT2D eigenvalue weighted by Crippen LogP contribution is 2.33. The fraction of sp³-hybridized carbons (Fsp3) is 0.500. The molecule has 1 aliphatic rings. The molecule has 17 heavy (non-hydrogen) atoms. The fourth-order valence-corrected chi connectivity index (χ4v) is 2.89. The van der Waals surface area contributed by atoms with Crippen LogP contribution in [0, 0.1) is 0 Å². The fourth-order valence-electron chi connectivity index (χ4n) is 1.94. The maximum atomic E-state index is 6.07. The first-order valence-corrected chi connectivity index (χ1v) is 6.80. The smallest absolute Gasteiger partial charge is 0.0720 e. The van der Waals surface area contributed by atoms with Gasteiger partial charge in [0.1, 0.15) is 0 Å². The quantitative estimate of drug-likeness (QED) is 0.874. The van der Waals surface area contributed by atoms with Gasteiger partial charge in [-0.15, -0.1) is 0 Å². The second-order valence-corrected chi connectivity index (χ2v) is 5.35. The zero-order chi connectivity index (χ0) is 12.3. The predicted molar refractivity (Wildman–Crippen MR) is 73.6 cm³/mol. The Morgan fingerprint density at radius 3 is 2.53 bits per heavy atom. The van der Waals surface area contributed by atoms with Gasteiger partial charge in [0, 0.05) is 18.2 Å². The highest BCUT2D eigenvalue weighted by molar-refractivity contribution is 6.41. The minimum atomic E-state index is 0.368. The van der Waals surface area contributed by atoms with Crippen LogP contribution in [-0.2, 0) is 4.74 Å². The third-order valence-corrected chi connectivity index (χ3v) is 3.61. The first kappa shape index (κ1) is 13.3. The Labute approximate surface area is 116 Å². The summed E-state index contributed by atoms with van der Waals surface area (Å²) in [5, 5.41) is 4.88. The monoisotopic (exact) mass is 293 g/mol. The van der Waals surface area contributed by atoms with Crippen LogP contribution in [0.4, 0.5) is 5.69 Å². The number of halogens is 3. The van der Waals surface area contributed by atoms with Gasteiger partial charge in [0.15, 0.2) is 0 Å². The summed E-state index contributed by atoms with van der Waals surface area (Å²) < 4.78 is 5.54. The van der Waals surface area contributed by atoms with Crippen molar-refractivity contribution >= 4 is 40.5 Å². The van der Waals surface area contributed by atoms with E-state index in [1.54, 1.807) is 12.1 Å². The zero-order valence-electron chi connectivity index (χ0n) is 9.31. The van der Waals surface area contributed by atoms with Crippen LogP contribution in [0.5, 0.6) is 0 Å². The molecule has 0 bridgehead atoms. The first-order chi connectivity index (χ1) is 8.16. The number of hydrogen-bond acceptors (Lipinski definition) is 2. The van der Waals surface area contributed by atoms with E-state index in [2.05, 4.69) is 5.32 Å². The molecule has 1 N–H and O–H groups in total. The van der Waals surface area contributed by atoms with E-state index in [9.17, 15) is 0 Å². The van der Waals surface area contributed by atoms with Crippen molar-refractivity contribution in [1.82, 2.24) is 0 Å². The van der Waals surface area contributed by atoms with Crippen molar-refractivity contribution < 1.29 is 4.74 Å². The lowest BCUT2D eigenvalue weighted by molar-refractivity contribution is 0.107. The van der Waals surface area contributed by atoms with Crippen molar-refractivity contribution in [2.24, 2.45) is 0 Å². The largest absolute Gasteiger partial charge is 0.383 e. The molecule has 94 valence electrons. The second kappa shape index (κ2) is 6.14. The lowest BCUT2D eigenvalue weighted by atomic mass is 10.2. The Balaban J connectivity index is 1.89. The Bertz CT molecular complexity index is 368. The van der Waals surface area contributed by atoms with Gasteiger partial charge in [0.2, 0.25) is 0 Å². The van der Waals surface area contributed by atoms with Crippen LogP contribution in [0.25, 0.3) is 0 Å². The second-order valence-electron chi connectivity index (χ2n) is 4.09. The molecule has 2 nitrogen and oxygen atoms in total. The molecule has 0 amide bonds. The summed E-state index contributed by atoms with van der Waals surface area (Å²) >= 11 is 18.0. The minimum absolute atomic E-state index is 0.368. The third kappa shape index (κ3) is 3.65. The summed E-state index contributed by atoms with van der Waals surface area (Å²) in [5.41, 5.74) is 0.746. The van der Waals surface area contributed by atoms with Crippen LogP contribution >= 0.6 is 34.8 Å². The molecule has 0 radical (unpaired) electrons. The molecule has 1 fully saturated rings. The molecular weight excluding hydrogens is 280 g/mol. The van der Waals surface area contributed by atoms with Gasteiger partial charge in [-0.3, -0.25) is 0 Å². The van der Waals surface area contributed by atoms with E-state index in [0.29, 0.717) is 21.2 Å². The van der Waals surface area contributed by atoms with Crippen LogP contribution in [0.3, 0.4) is 0 Å². The average Bonchev–Trinajstić information content (AvgIpc) is 2.74. The number of anilines is 1. The topological polar surface area (TPSA) is 21.3 Å². The van der Waals surface area contributed by atoms with Crippen molar-refractivity contribution in [2.75, 3.05) is 18.5 Å². The van der Waals surface area contributed by atoms with Gasteiger partial charge in [-0.2, -0.15) is 0 Å². The van der Waals surface area contributed by atoms with Crippen LogP contribution in [0.1, 0.15) is 19.3 Å². The van der Waals surface area contributed by atoms with E-state index < -0.39 is 0 Å². The molecule has 1 saturated heterocycles. The normalized spacial score (nSPS) is 19.6. The van der Waals surface area contributed by atoms with Gasteiger partial charge in [-0.05, 0) is 31.4 Å². The first-order valence-electron chi connectivity index (χ1n) is 5.67. The lowest BCUT2D eigenvalue weighted by Gasteiger charge is -2.13. The number of hydrogen-bond donors (Lipinski definition) is 1. The Hall–Kier alpha value is -0.150. The maximum absolute atomic E-state index is 6.07. The maximum Gasteiger partial charge on any atom is 0.0720 e. The standard InChI is InChI=1S/C12H14Cl3NO/c13-8-6-10(14)12(11(15)7-8)16-4-3-9-2-1-5-17-9/h6-7,9,16H,1-5H2. The van der Waals surface area contributed by atoms with Gasteiger partial charge in [0.25, 0.3) is 0 Å². The van der Waals surface area contributed by atoms with Crippen molar-refractivity contribution in [2.45, 2.75) is 25.4 Å². The van der Waals surface area contributed by atoms with Gasteiger partial charge in [0.05, 0.1) is 21.8 Å². The zero-order valence-corrected chi connectivity index (χ0v) is 11.6. The van der Waals surface area contributed by atoms with E-state index in [1.165, 1.54) is 0 Å². The summed E-state index contributed by atoms with van der Waals surface area (Å²) in [6.07, 6.45) is 3.64. The number of ether oxygens (including phenoxy) is 1. The van der Waals surface area contributed by atoms with Crippen LogP contribution in [0.15, 0.2) is 12.1 Å². The van der Waals surface area contributed by atoms with Crippen molar-refractivity contribution in [3.63, 3.8) is 0 Å². The van der Waals surface area contributed by atoms with Crippen LogP contribution in [0.2, 0.25) is 15.1 Å². The van der Waals surface area contributed by atoms with Crippen molar-refractivity contribution in [3.8, 4) is 0 Å². The molecule has 2 rings (SSSR count). The van der Waals surface area contributed by atoms with Gasteiger partial charge in [-0.1, -0.05) is 34.8 Å². The number of nitrogens with one attached hydrogen (secondary N) is 1. The van der Waals surface area contributed by atoms with E-state index in [-0.39, 0.29) is 0 Å². The average molecular weight is 295 g/mol. The van der Waals surface area contributed by atoms with E-state index >= 15 is 0 Å². The predicted octanol–water partition coefficient (Wildman–Crippen LogP) is 4.63. The molecular formula is C12H14Cl3NO. The highest BCUT2D eigenvalue weighted by Gasteiger charge is 2.15. The lowest BCUT2D eigenvalue weighted by Crippen LogP contribution is -2.12. The Morgan fingerprint density at radius 2 is 1.94 bits per heavy atom. The summed E-state index contributed by atoms with van der Waals surface area (Å²) in [5.74, 6) is 0.